The lowest BCUT2D eigenvalue weighted by Gasteiger charge is -2.07. The van der Waals surface area contributed by atoms with Crippen molar-refractivity contribution in [1.82, 2.24) is 24.6 Å². The van der Waals surface area contributed by atoms with Crippen LogP contribution in [0, 0.1) is 0 Å². The van der Waals surface area contributed by atoms with Crippen molar-refractivity contribution < 1.29 is 9.53 Å². The molecule has 2 heterocycles. The largest absolute Gasteiger partial charge is 0.375 e. The van der Waals surface area contributed by atoms with E-state index in [1.807, 2.05) is 18.2 Å². The summed E-state index contributed by atoms with van der Waals surface area (Å²) in [5.41, 5.74) is 1.22. The first-order chi connectivity index (χ1) is 12.6. The van der Waals surface area contributed by atoms with Gasteiger partial charge in [-0.05, 0) is 17.7 Å². The molecule has 2 aromatic heterocycles. The Labute approximate surface area is 154 Å². The maximum Gasteiger partial charge on any atom is 0.264 e. The van der Waals surface area contributed by atoms with E-state index in [-0.39, 0.29) is 18.1 Å². The molecule has 1 aromatic carbocycles. The SMILES string of the molecule is COCC(=O)NCCn1ncc2c(=O)n(Cc3cccc(Cl)c3)cnc21. The van der Waals surface area contributed by atoms with Crippen molar-refractivity contribution in [3.8, 4) is 0 Å². The fourth-order valence-electron chi connectivity index (χ4n) is 2.59. The number of aromatic nitrogens is 4. The number of nitrogens with one attached hydrogen (secondary N) is 1. The van der Waals surface area contributed by atoms with Crippen LogP contribution >= 0.6 is 11.6 Å². The highest BCUT2D eigenvalue weighted by Gasteiger charge is 2.11. The van der Waals surface area contributed by atoms with Crippen molar-refractivity contribution in [2.75, 3.05) is 20.3 Å². The molecule has 3 rings (SSSR count). The van der Waals surface area contributed by atoms with Gasteiger partial charge in [-0.3, -0.25) is 14.2 Å². The summed E-state index contributed by atoms with van der Waals surface area (Å²) in [6.07, 6.45) is 2.99. The summed E-state index contributed by atoms with van der Waals surface area (Å²) in [5.74, 6) is -0.208. The lowest BCUT2D eigenvalue weighted by Crippen LogP contribution is -2.30. The van der Waals surface area contributed by atoms with E-state index < -0.39 is 0 Å². The number of fused-ring (bicyclic) bond motifs is 1. The second-order valence-electron chi connectivity index (χ2n) is 5.70. The standard InChI is InChI=1S/C17H18ClN5O3/c1-26-10-15(24)19-5-6-23-16-14(8-21-23)17(25)22(11-20-16)9-12-3-2-4-13(18)7-12/h2-4,7-8,11H,5-6,9-10H2,1H3,(H,19,24). The smallest absolute Gasteiger partial charge is 0.264 e. The molecule has 0 bridgehead atoms. The van der Waals surface area contributed by atoms with Gasteiger partial charge in [0, 0.05) is 18.7 Å². The summed E-state index contributed by atoms with van der Waals surface area (Å²) in [5, 5.41) is 7.95. The van der Waals surface area contributed by atoms with E-state index in [0.717, 1.165) is 5.56 Å². The van der Waals surface area contributed by atoms with E-state index >= 15 is 0 Å². The number of carbonyl (C=O) groups is 1. The Kier molecular flexibility index (Phi) is 5.65. The molecule has 0 unspecified atom stereocenters. The Morgan fingerprint density at radius 2 is 2.23 bits per heavy atom. The van der Waals surface area contributed by atoms with Crippen molar-refractivity contribution >= 4 is 28.5 Å². The van der Waals surface area contributed by atoms with Gasteiger partial charge in [-0.1, -0.05) is 23.7 Å². The molecule has 26 heavy (non-hydrogen) atoms. The van der Waals surface area contributed by atoms with Crippen LogP contribution in [-0.4, -0.2) is 45.5 Å². The molecule has 0 saturated carbocycles. The fraction of sp³-hybridized carbons (Fsp3) is 0.294. The second kappa shape index (κ2) is 8.11. The number of nitrogens with zero attached hydrogens (tertiary/aromatic N) is 4. The first kappa shape index (κ1) is 18.1. The zero-order chi connectivity index (χ0) is 18.5. The van der Waals surface area contributed by atoms with E-state index in [9.17, 15) is 9.59 Å². The molecular formula is C17H18ClN5O3. The van der Waals surface area contributed by atoms with Crippen LogP contribution in [0.15, 0.2) is 41.6 Å². The van der Waals surface area contributed by atoms with Gasteiger partial charge in [-0.2, -0.15) is 5.10 Å². The maximum absolute atomic E-state index is 12.6. The molecular weight excluding hydrogens is 358 g/mol. The number of halogens is 1. The monoisotopic (exact) mass is 375 g/mol. The first-order valence-electron chi connectivity index (χ1n) is 7.99. The predicted molar refractivity (Wildman–Crippen MR) is 97.2 cm³/mol. The van der Waals surface area contributed by atoms with Gasteiger partial charge in [-0.25, -0.2) is 9.67 Å². The molecule has 0 spiro atoms. The molecule has 0 radical (unpaired) electrons. The predicted octanol–water partition coefficient (Wildman–Crippen LogP) is 1.06. The lowest BCUT2D eigenvalue weighted by molar-refractivity contribution is -0.124. The van der Waals surface area contributed by atoms with E-state index in [0.29, 0.717) is 35.7 Å². The van der Waals surface area contributed by atoms with Gasteiger partial charge < -0.3 is 10.1 Å². The first-order valence-corrected chi connectivity index (χ1v) is 8.37. The van der Waals surface area contributed by atoms with Crippen LogP contribution in [0.5, 0.6) is 0 Å². The molecule has 0 saturated heterocycles. The summed E-state index contributed by atoms with van der Waals surface area (Å²) in [6.45, 7) is 1.16. The van der Waals surface area contributed by atoms with E-state index in [4.69, 9.17) is 16.3 Å². The number of rotatable bonds is 7. The van der Waals surface area contributed by atoms with Crippen LogP contribution in [0.2, 0.25) is 5.02 Å². The molecule has 3 aromatic rings. The lowest BCUT2D eigenvalue weighted by atomic mass is 10.2. The zero-order valence-electron chi connectivity index (χ0n) is 14.2. The van der Waals surface area contributed by atoms with Crippen molar-refractivity contribution in [2.24, 2.45) is 0 Å². The molecule has 0 aliphatic carbocycles. The normalized spacial score (nSPS) is 11.0. The molecule has 1 N–H and O–H groups in total. The molecule has 0 atom stereocenters. The van der Waals surface area contributed by atoms with Gasteiger partial charge in [0.1, 0.15) is 18.3 Å². The second-order valence-corrected chi connectivity index (χ2v) is 6.13. The summed E-state index contributed by atoms with van der Waals surface area (Å²) >= 11 is 5.99. The maximum atomic E-state index is 12.6. The Morgan fingerprint density at radius 1 is 1.38 bits per heavy atom. The average Bonchev–Trinajstić information content (AvgIpc) is 3.02. The molecule has 136 valence electrons. The van der Waals surface area contributed by atoms with Gasteiger partial charge >= 0.3 is 0 Å². The van der Waals surface area contributed by atoms with Gasteiger partial charge in [0.15, 0.2) is 5.65 Å². The Hall–Kier alpha value is -2.71. The number of carbonyl (C=O) groups excluding carboxylic acids is 1. The number of hydrogen-bond acceptors (Lipinski definition) is 5. The highest BCUT2D eigenvalue weighted by molar-refractivity contribution is 6.30. The van der Waals surface area contributed by atoms with Crippen molar-refractivity contribution in [3.63, 3.8) is 0 Å². The zero-order valence-corrected chi connectivity index (χ0v) is 14.9. The summed E-state index contributed by atoms with van der Waals surface area (Å²) < 4.78 is 7.85. The van der Waals surface area contributed by atoms with Crippen LogP contribution in [0.1, 0.15) is 5.56 Å². The number of hydrogen-bond donors (Lipinski definition) is 1. The quantitative estimate of drug-likeness (QED) is 0.666. The van der Waals surface area contributed by atoms with Gasteiger partial charge in [0.25, 0.3) is 5.56 Å². The van der Waals surface area contributed by atoms with Crippen molar-refractivity contribution in [2.45, 2.75) is 13.1 Å². The van der Waals surface area contributed by atoms with Crippen LogP contribution in [-0.2, 0) is 22.6 Å². The average molecular weight is 376 g/mol. The molecule has 1 amide bonds. The number of ether oxygens (including phenoxy) is 1. The van der Waals surface area contributed by atoms with Crippen LogP contribution in [0.4, 0.5) is 0 Å². The molecule has 8 nitrogen and oxygen atoms in total. The third-order valence-corrected chi connectivity index (χ3v) is 4.02. The summed E-state index contributed by atoms with van der Waals surface area (Å²) in [7, 11) is 1.46. The summed E-state index contributed by atoms with van der Waals surface area (Å²) in [6, 6.07) is 7.33. The minimum absolute atomic E-state index is 0.00627. The van der Waals surface area contributed by atoms with Crippen LogP contribution < -0.4 is 10.9 Å². The van der Waals surface area contributed by atoms with Gasteiger partial charge in [0.2, 0.25) is 5.91 Å². The number of amides is 1. The van der Waals surface area contributed by atoms with E-state index in [2.05, 4.69) is 15.4 Å². The van der Waals surface area contributed by atoms with E-state index in [1.165, 1.54) is 24.2 Å². The van der Waals surface area contributed by atoms with Gasteiger partial charge in [0.05, 0.1) is 19.3 Å². The Morgan fingerprint density at radius 3 is 3.00 bits per heavy atom. The van der Waals surface area contributed by atoms with Crippen molar-refractivity contribution in [3.05, 3.63) is 57.7 Å². The van der Waals surface area contributed by atoms with Gasteiger partial charge in [-0.15, -0.1) is 0 Å². The topological polar surface area (TPSA) is 91.0 Å². The highest BCUT2D eigenvalue weighted by Crippen LogP contribution is 2.12. The number of benzene rings is 1. The highest BCUT2D eigenvalue weighted by atomic mass is 35.5. The minimum atomic E-state index is -0.208. The van der Waals surface area contributed by atoms with Crippen molar-refractivity contribution in [1.29, 1.82) is 0 Å². The minimum Gasteiger partial charge on any atom is -0.375 e. The third-order valence-electron chi connectivity index (χ3n) is 3.79. The third kappa shape index (κ3) is 4.09. The van der Waals surface area contributed by atoms with Crippen LogP contribution in [0.3, 0.4) is 0 Å². The Balaban J connectivity index is 1.76. The van der Waals surface area contributed by atoms with E-state index in [1.54, 1.807) is 10.7 Å². The fourth-order valence-corrected chi connectivity index (χ4v) is 2.80. The number of methoxy groups -OCH3 is 1. The van der Waals surface area contributed by atoms with Crippen LogP contribution in [0.25, 0.3) is 11.0 Å². The molecule has 9 heteroatoms. The summed E-state index contributed by atoms with van der Waals surface area (Å²) in [4.78, 5) is 28.4. The molecule has 0 fully saturated rings. The molecule has 0 aliphatic rings. The Bertz CT molecular complexity index is 982. The molecule has 0 aliphatic heterocycles.